The Hall–Kier alpha value is -0.590. The van der Waals surface area contributed by atoms with Crippen molar-refractivity contribution in [3.05, 3.63) is 34.3 Å². The van der Waals surface area contributed by atoms with Gasteiger partial charge in [0.05, 0.1) is 6.54 Å². The Kier molecular flexibility index (Phi) is 3.59. The SMILES string of the molecule is CN1[C@@H]2CN(CC(F)(F)F)C[C@H]1C2c1ccc(Br)cc1. The van der Waals surface area contributed by atoms with Crippen molar-refractivity contribution >= 4 is 15.9 Å². The number of fused-ring (bicyclic) bond motifs is 2. The second-order valence-corrected chi connectivity index (χ2v) is 6.60. The number of likely N-dealkylation sites (tertiary alicyclic amines) is 1. The smallest absolute Gasteiger partial charge is 0.297 e. The maximum absolute atomic E-state index is 12.5. The van der Waals surface area contributed by atoms with Crippen LogP contribution in [-0.4, -0.2) is 54.7 Å². The van der Waals surface area contributed by atoms with Crippen molar-refractivity contribution in [3.8, 4) is 0 Å². The van der Waals surface area contributed by atoms with Crippen LogP contribution in [0.3, 0.4) is 0 Å². The van der Waals surface area contributed by atoms with E-state index in [2.05, 4.69) is 33.0 Å². The third-order valence-corrected chi connectivity index (χ3v) is 4.95. The summed E-state index contributed by atoms with van der Waals surface area (Å²) >= 11 is 3.41. The molecule has 6 heteroatoms. The summed E-state index contributed by atoms with van der Waals surface area (Å²) < 4.78 is 38.5. The lowest BCUT2D eigenvalue weighted by atomic mass is 9.72. The first-order valence-electron chi connectivity index (χ1n) is 6.61. The number of rotatable bonds is 2. The molecule has 0 aliphatic carbocycles. The van der Waals surface area contributed by atoms with Crippen LogP contribution in [0.25, 0.3) is 0 Å². The minimum Gasteiger partial charge on any atom is -0.297 e. The van der Waals surface area contributed by atoms with E-state index < -0.39 is 12.7 Å². The highest BCUT2D eigenvalue weighted by Crippen LogP contribution is 2.44. The second-order valence-electron chi connectivity index (χ2n) is 5.69. The lowest BCUT2D eigenvalue weighted by Gasteiger charge is -2.60. The molecule has 3 atom stereocenters. The fourth-order valence-electron chi connectivity index (χ4n) is 3.51. The van der Waals surface area contributed by atoms with Crippen LogP contribution in [0.5, 0.6) is 0 Å². The van der Waals surface area contributed by atoms with Gasteiger partial charge < -0.3 is 0 Å². The fraction of sp³-hybridized carbons (Fsp3) is 0.571. The molecule has 0 radical (unpaired) electrons. The quantitative estimate of drug-likeness (QED) is 0.810. The lowest BCUT2D eigenvalue weighted by Crippen LogP contribution is -2.72. The van der Waals surface area contributed by atoms with Gasteiger partial charge in [-0.2, -0.15) is 13.2 Å². The highest BCUT2D eigenvalue weighted by Gasteiger charge is 2.52. The van der Waals surface area contributed by atoms with Crippen molar-refractivity contribution in [1.82, 2.24) is 9.80 Å². The van der Waals surface area contributed by atoms with Gasteiger partial charge in [0.25, 0.3) is 0 Å². The first kappa shape index (κ1) is 14.4. The highest BCUT2D eigenvalue weighted by molar-refractivity contribution is 9.10. The Labute approximate surface area is 124 Å². The van der Waals surface area contributed by atoms with E-state index in [1.54, 1.807) is 0 Å². The van der Waals surface area contributed by atoms with Crippen molar-refractivity contribution in [2.75, 3.05) is 26.7 Å². The summed E-state index contributed by atoms with van der Waals surface area (Å²) in [6, 6.07) is 8.52. The third-order valence-electron chi connectivity index (χ3n) is 4.42. The van der Waals surface area contributed by atoms with Crippen molar-refractivity contribution in [2.45, 2.75) is 24.2 Å². The first-order valence-corrected chi connectivity index (χ1v) is 7.41. The summed E-state index contributed by atoms with van der Waals surface area (Å²) in [5, 5.41) is 0. The Morgan fingerprint density at radius 2 is 1.70 bits per heavy atom. The number of halogens is 4. The molecule has 0 saturated carbocycles. The number of piperazine rings is 1. The zero-order chi connectivity index (χ0) is 14.5. The molecule has 1 aromatic rings. The number of piperidine rings is 1. The molecule has 0 amide bonds. The molecule has 2 nitrogen and oxygen atoms in total. The lowest BCUT2D eigenvalue weighted by molar-refractivity contribution is -0.168. The van der Waals surface area contributed by atoms with Crippen molar-refractivity contribution in [2.24, 2.45) is 0 Å². The zero-order valence-electron chi connectivity index (χ0n) is 11.1. The standard InChI is InChI=1S/C14H16BrF3N2/c1-19-11-6-20(8-14(16,17)18)7-12(19)13(11)9-2-4-10(15)5-3-9/h2-5,11-13H,6-8H2,1H3/t11-,12+,13?. The van der Waals surface area contributed by atoms with E-state index in [0.29, 0.717) is 19.0 Å². The molecule has 20 heavy (non-hydrogen) atoms. The molecule has 1 unspecified atom stereocenters. The Morgan fingerprint density at radius 3 is 2.20 bits per heavy atom. The maximum Gasteiger partial charge on any atom is 0.401 e. The van der Waals surface area contributed by atoms with Crippen LogP contribution < -0.4 is 0 Å². The topological polar surface area (TPSA) is 6.48 Å². The highest BCUT2D eigenvalue weighted by atomic mass is 79.9. The average molecular weight is 349 g/mol. The zero-order valence-corrected chi connectivity index (χ0v) is 12.7. The van der Waals surface area contributed by atoms with E-state index in [-0.39, 0.29) is 12.1 Å². The van der Waals surface area contributed by atoms with Gasteiger partial charge in [-0.15, -0.1) is 0 Å². The molecule has 0 spiro atoms. The molecule has 2 heterocycles. The van der Waals surface area contributed by atoms with Gasteiger partial charge in [-0.05, 0) is 24.7 Å². The Bertz CT molecular complexity index is 474. The molecular weight excluding hydrogens is 333 g/mol. The number of hydrogen-bond donors (Lipinski definition) is 0. The summed E-state index contributed by atoms with van der Waals surface area (Å²) in [7, 11) is 2.01. The summed E-state index contributed by atoms with van der Waals surface area (Å²) in [5.74, 6) is 0.359. The monoisotopic (exact) mass is 348 g/mol. The van der Waals surface area contributed by atoms with E-state index in [0.717, 1.165) is 4.47 Å². The number of nitrogens with zero attached hydrogens (tertiary/aromatic N) is 2. The minimum atomic E-state index is -4.10. The van der Waals surface area contributed by atoms with Gasteiger partial charge in [-0.3, -0.25) is 9.80 Å². The molecular formula is C14H16BrF3N2. The van der Waals surface area contributed by atoms with Crippen molar-refractivity contribution < 1.29 is 13.2 Å². The number of benzene rings is 1. The van der Waals surface area contributed by atoms with Gasteiger partial charge in [0.1, 0.15) is 0 Å². The molecule has 1 aromatic carbocycles. The van der Waals surface area contributed by atoms with Gasteiger partial charge >= 0.3 is 6.18 Å². The normalized spacial score (nSPS) is 31.1. The van der Waals surface area contributed by atoms with Gasteiger partial charge in [0.2, 0.25) is 0 Å². The molecule has 3 rings (SSSR count). The summed E-state index contributed by atoms with van der Waals surface area (Å²) in [6.45, 7) is 0.196. The van der Waals surface area contributed by atoms with E-state index in [1.807, 2.05) is 19.2 Å². The van der Waals surface area contributed by atoms with Crippen LogP contribution in [-0.2, 0) is 0 Å². The molecule has 2 aliphatic heterocycles. The molecule has 110 valence electrons. The van der Waals surface area contributed by atoms with Crippen LogP contribution in [0, 0.1) is 0 Å². The van der Waals surface area contributed by atoms with E-state index in [1.165, 1.54) is 10.5 Å². The van der Waals surface area contributed by atoms with Crippen LogP contribution in [0.2, 0.25) is 0 Å². The fourth-order valence-corrected chi connectivity index (χ4v) is 3.77. The van der Waals surface area contributed by atoms with Crippen molar-refractivity contribution in [3.63, 3.8) is 0 Å². The molecule has 0 N–H and O–H groups in total. The molecule has 2 saturated heterocycles. The second kappa shape index (κ2) is 5.00. The summed E-state index contributed by atoms with van der Waals surface area (Å²) in [5.41, 5.74) is 1.23. The molecule has 0 aromatic heterocycles. The van der Waals surface area contributed by atoms with Crippen LogP contribution >= 0.6 is 15.9 Å². The average Bonchev–Trinajstić information content (AvgIpc) is 2.37. The van der Waals surface area contributed by atoms with E-state index >= 15 is 0 Å². The van der Waals surface area contributed by atoms with Crippen LogP contribution in [0.15, 0.2) is 28.7 Å². The third kappa shape index (κ3) is 2.61. The maximum atomic E-state index is 12.5. The van der Waals surface area contributed by atoms with Gasteiger partial charge in [-0.1, -0.05) is 28.1 Å². The Balaban J connectivity index is 1.71. The van der Waals surface area contributed by atoms with E-state index in [9.17, 15) is 13.2 Å². The van der Waals surface area contributed by atoms with Crippen LogP contribution in [0.1, 0.15) is 11.5 Å². The van der Waals surface area contributed by atoms with E-state index in [4.69, 9.17) is 0 Å². The number of alkyl halides is 3. The Morgan fingerprint density at radius 1 is 1.15 bits per heavy atom. The number of hydrogen-bond acceptors (Lipinski definition) is 2. The summed E-state index contributed by atoms with van der Waals surface area (Å²) in [4.78, 5) is 3.74. The van der Waals surface area contributed by atoms with Gasteiger partial charge in [0.15, 0.2) is 0 Å². The molecule has 2 aliphatic rings. The van der Waals surface area contributed by atoms with Gasteiger partial charge in [-0.25, -0.2) is 0 Å². The number of likely N-dealkylation sites (N-methyl/N-ethyl adjacent to an activating group) is 1. The van der Waals surface area contributed by atoms with Crippen LogP contribution in [0.4, 0.5) is 13.2 Å². The molecule has 2 bridgehead atoms. The van der Waals surface area contributed by atoms with Crippen molar-refractivity contribution in [1.29, 1.82) is 0 Å². The predicted octanol–water partition coefficient (Wildman–Crippen LogP) is 3.09. The first-order chi connectivity index (χ1) is 9.35. The molecule has 2 fully saturated rings. The summed E-state index contributed by atoms with van der Waals surface area (Å²) in [6.07, 6.45) is -4.10. The predicted molar refractivity (Wildman–Crippen MR) is 74.7 cm³/mol. The largest absolute Gasteiger partial charge is 0.401 e. The minimum absolute atomic E-state index is 0.192. The van der Waals surface area contributed by atoms with Gasteiger partial charge in [0, 0.05) is 35.6 Å².